The molecule has 0 saturated heterocycles. The molecule has 2 aromatic rings. The first-order valence-corrected chi connectivity index (χ1v) is 9.63. The Balaban J connectivity index is 2.56. The molecule has 0 unspecified atom stereocenters. The molecular formula is C17H25N5O3S. The van der Waals surface area contributed by atoms with E-state index in [1.165, 1.54) is 23.4 Å². The number of aryl methyl sites for hydroxylation is 2. The second-order valence-electron chi connectivity index (χ2n) is 6.46. The molecule has 0 saturated carbocycles. The Morgan fingerprint density at radius 2 is 1.88 bits per heavy atom. The van der Waals surface area contributed by atoms with Gasteiger partial charge in [-0.05, 0) is 20.3 Å². The van der Waals surface area contributed by atoms with E-state index in [1.807, 2.05) is 13.8 Å². The van der Waals surface area contributed by atoms with Crippen molar-refractivity contribution >= 4 is 28.7 Å². The summed E-state index contributed by atoms with van der Waals surface area (Å²) in [5.74, 6) is 0.589. The van der Waals surface area contributed by atoms with Gasteiger partial charge in [0.2, 0.25) is 5.91 Å². The summed E-state index contributed by atoms with van der Waals surface area (Å²) in [6.45, 7) is 5.84. The van der Waals surface area contributed by atoms with E-state index >= 15 is 0 Å². The van der Waals surface area contributed by atoms with Crippen molar-refractivity contribution in [3.8, 4) is 0 Å². The Bertz CT molecular complexity index is 933. The number of carbonyl (C=O) groups excluding carboxylic acids is 1. The topological polar surface area (TPSA) is 98.9 Å². The highest BCUT2D eigenvalue weighted by Gasteiger charge is 2.18. The molecule has 0 spiro atoms. The van der Waals surface area contributed by atoms with Crippen LogP contribution in [0, 0.1) is 0 Å². The van der Waals surface area contributed by atoms with Gasteiger partial charge in [-0.2, -0.15) is 0 Å². The fourth-order valence-corrected chi connectivity index (χ4v) is 3.36. The number of carbonyl (C=O) groups is 1. The summed E-state index contributed by atoms with van der Waals surface area (Å²) in [6, 6.07) is 0.0408. The minimum atomic E-state index is -0.447. The quantitative estimate of drug-likeness (QED) is 0.569. The molecule has 1 amide bonds. The Kier molecular flexibility index (Phi) is 6.57. The van der Waals surface area contributed by atoms with Crippen LogP contribution in [0.5, 0.6) is 0 Å². The molecule has 9 heteroatoms. The maximum atomic E-state index is 12.6. The molecular weight excluding hydrogens is 354 g/mol. The van der Waals surface area contributed by atoms with Crippen molar-refractivity contribution in [1.82, 2.24) is 24.4 Å². The van der Waals surface area contributed by atoms with Gasteiger partial charge in [-0.15, -0.1) is 0 Å². The number of fused-ring (bicyclic) bond motifs is 1. The third kappa shape index (κ3) is 4.32. The number of thioether (sulfide) groups is 1. The lowest BCUT2D eigenvalue weighted by atomic mass is 10.2. The van der Waals surface area contributed by atoms with Gasteiger partial charge in [-0.1, -0.05) is 25.1 Å². The summed E-state index contributed by atoms with van der Waals surface area (Å²) in [6.07, 6.45) is 2.54. The van der Waals surface area contributed by atoms with Gasteiger partial charge in [0.15, 0.2) is 5.65 Å². The van der Waals surface area contributed by atoms with Crippen molar-refractivity contribution in [1.29, 1.82) is 0 Å². The lowest BCUT2D eigenvalue weighted by Gasteiger charge is -2.12. The maximum Gasteiger partial charge on any atom is 0.332 e. The zero-order valence-corrected chi connectivity index (χ0v) is 16.6. The van der Waals surface area contributed by atoms with Gasteiger partial charge < -0.3 is 5.32 Å². The zero-order chi connectivity index (χ0) is 19.4. The van der Waals surface area contributed by atoms with E-state index in [0.29, 0.717) is 22.9 Å². The maximum absolute atomic E-state index is 12.6. The lowest BCUT2D eigenvalue weighted by Crippen LogP contribution is -2.38. The highest BCUT2D eigenvalue weighted by molar-refractivity contribution is 8.00. The Labute approximate surface area is 156 Å². The monoisotopic (exact) mass is 379 g/mol. The molecule has 0 aliphatic heterocycles. The van der Waals surface area contributed by atoms with Crippen molar-refractivity contribution < 1.29 is 4.79 Å². The van der Waals surface area contributed by atoms with E-state index in [-0.39, 0.29) is 23.1 Å². The van der Waals surface area contributed by atoms with Crippen LogP contribution >= 0.6 is 11.8 Å². The SMILES string of the molecule is CCCCc1nc(SCC(=O)NC(C)C)c2c(=O)n(C)c(=O)n(C)c2n1. The molecule has 0 atom stereocenters. The van der Waals surface area contributed by atoms with E-state index in [1.54, 1.807) is 7.05 Å². The molecule has 0 radical (unpaired) electrons. The van der Waals surface area contributed by atoms with Crippen molar-refractivity contribution in [3.63, 3.8) is 0 Å². The molecule has 8 nitrogen and oxygen atoms in total. The molecule has 0 aromatic carbocycles. The highest BCUT2D eigenvalue weighted by atomic mass is 32.2. The number of rotatable bonds is 7. The smallest absolute Gasteiger partial charge is 0.332 e. The van der Waals surface area contributed by atoms with E-state index in [2.05, 4.69) is 22.2 Å². The van der Waals surface area contributed by atoms with Gasteiger partial charge in [0, 0.05) is 26.6 Å². The van der Waals surface area contributed by atoms with Crippen LogP contribution in [-0.4, -0.2) is 36.8 Å². The van der Waals surface area contributed by atoms with Gasteiger partial charge in [0.1, 0.15) is 16.2 Å². The fraction of sp³-hybridized carbons (Fsp3) is 0.588. The first kappa shape index (κ1) is 20.2. The molecule has 2 heterocycles. The van der Waals surface area contributed by atoms with Crippen LogP contribution in [0.3, 0.4) is 0 Å². The second-order valence-corrected chi connectivity index (χ2v) is 7.43. The van der Waals surface area contributed by atoms with Crippen molar-refractivity contribution in [2.24, 2.45) is 14.1 Å². The predicted octanol–water partition coefficient (Wildman–Crippen LogP) is 0.986. The number of amides is 1. The summed E-state index contributed by atoms with van der Waals surface area (Å²) in [7, 11) is 3.01. The van der Waals surface area contributed by atoms with Crippen LogP contribution < -0.4 is 16.6 Å². The van der Waals surface area contributed by atoms with E-state index in [9.17, 15) is 14.4 Å². The third-order valence-corrected chi connectivity index (χ3v) is 4.83. The summed E-state index contributed by atoms with van der Waals surface area (Å²) in [5.41, 5.74) is -0.570. The molecule has 0 bridgehead atoms. The van der Waals surface area contributed by atoms with Crippen LogP contribution in [0.25, 0.3) is 11.0 Å². The summed E-state index contributed by atoms with van der Waals surface area (Å²) >= 11 is 1.19. The molecule has 0 aliphatic rings. The van der Waals surface area contributed by atoms with Gasteiger partial charge in [-0.3, -0.25) is 18.7 Å². The Hall–Kier alpha value is -2.16. The summed E-state index contributed by atoms with van der Waals surface area (Å²) in [5, 5.41) is 3.53. The molecule has 2 aromatic heterocycles. The number of nitrogens with zero attached hydrogens (tertiary/aromatic N) is 4. The van der Waals surface area contributed by atoms with Gasteiger partial charge in [0.05, 0.1) is 5.75 Å². The number of hydrogen-bond acceptors (Lipinski definition) is 6. The number of hydrogen-bond donors (Lipinski definition) is 1. The normalized spacial score (nSPS) is 11.3. The van der Waals surface area contributed by atoms with E-state index in [4.69, 9.17) is 0 Å². The van der Waals surface area contributed by atoms with Crippen LogP contribution in [0.1, 0.15) is 39.4 Å². The molecule has 26 heavy (non-hydrogen) atoms. The average Bonchev–Trinajstić information content (AvgIpc) is 2.60. The minimum Gasteiger partial charge on any atom is -0.353 e. The number of aromatic nitrogens is 4. The minimum absolute atomic E-state index is 0.0408. The van der Waals surface area contributed by atoms with E-state index < -0.39 is 11.2 Å². The van der Waals surface area contributed by atoms with Crippen LogP contribution in [0.2, 0.25) is 0 Å². The van der Waals surface area contributed by atoms with E-state index in [0.717, 1.165) is 17.4 Å². The van der Waals surface area contributed by atoms with Crippen molar-refractivity contribution in [2.75, 3.05) is 5.75 Å². The van der Waals surface area contributed by atoms with Crippen LogP contribution in [0.4, 0.5) is 0 Å². The summed E-state index contributed by atoms with van der Waals surface area (Å²) < 4.78 is 2.39. The Morgan fingerprint density at radius 3 is 2.50 bits per heavy atom. The molecule has 2 rings (SSSR count). The predicted molar refractivity (Wildman–Crippen MR) is 103 cm³/mol. The van der Waals surface area contributed by atoms with Gasteiger partial charge in [-0.25, -0.2) is 14.8 Å². The number of nitrogens with one attached hydrogen (secondary N) is 1. The van der Waals surface area contributed by atoms with Crippen molar-refractivity contribution in [2.45, 2.75) is 51.1 Å². The zero-order valence-electron chi connectivity index (χ0n) is 15.8. The van der Waals surface area contributed by atoms with Crippen LogP contribution in [0.15, 0.2) is 14.6 Å². The first-order chi connectivity index (χ1) is 12.3. The molecule has 0 aliphatic carbocycles. The highest BCUT2D eigenvalue weighted by Crippen LogP contribution is 2.22. The molecule has 0 fully saturated rings. The van der Waals surface area contributed by atoms with Crippen molar-refractivity contribution in [3.05, 3.63) is 26.7 Å². The third-order valence-electron chi connectivity index (χ3n) is 3.86. The average molecular weight is 379 g/mol. The van der Waals surface area contributed by atoms with Gasteiger partial charge in [0.25, 0.3) is 5.56 Å². The van der Waals surface area contributed by atoms with Gasteiger partial charge >= 0.3 is 5.69 Å². The molecule has 1 N–H and O–H groups in total. The standard InChI is InChI=1S/C17H25N5O3S/c1-6-7-8-11-19-14-13(16(24)22(5)17(25)21(14)4)15(20-11)26-9-12(23)18-10(2)3/h10H,6-9H2,1-5H3,(H,18,23). The largest absolute Gasteiger partial charge is 0.353 e. The molecule has 142 valence electrons. The van der Waals surface area contributed by atoms with Crippen LogP contribution in [-0.2, 0) is 25.3 Å². The summed E-state index contributed by atoms with van der Waals surface area (Å²) in [4.78, 5) is 45.8. The lowest BCUT2D eigenvalue weighted by molar-refractivity contribution is -0.119. The Morgan fingerprint density at radius 1 is 1.19 bits per heavy atom. The second kappa shape index (κ2) is 8.48. The fourth-order valence-electron chi connectivity index (χ4n) is 2.52. The first-order valence-electron chi connectivity index (χ1n) is 8.65. The number of unbranched alkanes of at least 4 members (excludes halogenated alkanes) is 1.